The van der Waals surface area contributed by atoms with E-state index in [1.807, 2.05) is 24.3 Å². The molecule has 0 radical (unpaired) electrons. The SMILES string of the molecule is CN=C(NCCc1ccc(Cl)nc1)NCc1cccc(OCCCOC)c1.I. The van der Waals surface area contributed by atoms with Crippen molar-refractivity contribution in [2.75, 3.05) is 33.9 Å². The first-order valence-electron chi connectivity index (χ1n) is 8.97. The Kier molecular flexibility index (Phi) is 12.6. The number of nitrogens with zero attached hydrogens (tertiary/aromatic N) is 2. The Labute approximate surface area is 189 Å². The number of pyridine rings is 1. The third kappa shape index (κ3) is 9.57. The maximum atomic E-state index is 5.80. The van der Waals surface area contributed by atoms with Gasteiger partial charge in [-0.15, -0.1) is 24.0 Å². The molecular formula is C20H28ClIN4O2. The number of rotatable bonds is 10. The first-order chi connectivity index (χ1) is 13.2. The fraction of sp³-hybridized carbons (Fsp3) is 0.400. The van der Waals surface area contributed by atoms with E-state index in [-0.39, 0.29) is 24.0 Å². The standard InChI is InChI=1S/C20H27ClN4O2.HI/c1-22-20(23-10-9-16-7-8-19(21)24-14-16)25-15-17-5-3-6-18(13-17)27-12-4-11-26-2;/h3,5-8,13-14H,4,9-12,15H2,1-2H3,(H2,22,23,25);1H. The highest BCUT2D eigenvalue weighted by atomic mass is 127. The number of guanidine groups is 1. The molecule has 0 bridgehead atoms. The van der Waals surface area contributed by atoms with E-state index in [9.17, 15) is 0 Å². The second-order valence-corrected chi connectivity index (χ2v) is 6.32. The molecule has 0 fully saturated rings. The number of nitrogens with one attached hydrogen (secondary N) is 2. The van der Waals surface area contributed by atoms with Gasteiger partial charge in [0.2, 0.25) is 0 Å². The van der Waals surface area contributed by atoms with Crippen LogP contribution in [0.1, 0.15) is 17.5 Å². The number of aromatic nitrogens is 1. The predicted molar refractivity (Wildman–Crippen MR) is 125 cm³/mol. The molecule has 28 heavy (non-hydrogen) atoms. The molecule has 1 aromatic carbocycles. The summed E-state index contributed by atoms with van der Waals surface area (Å²) in [5.74, 6) is 1.62. The van der Waals surface area contributed by atoms with Crippen LogP contribution in [-0.4, -0.2) is 44.9 Å². The monoisotopic (exact) mass is 518 g/mol. The Morgan fingerprint density at radius 2 is 2.00 bits per heavy atom. The van der Waals surface area contributed by atoms with E-state index in [0.29, 0.717) is 24.9 Å². The van der Waals surface area contributed by atoms with Gasteiger partial charge in [0, 0.05) is 46.5 Å². The summed E-state index contributed by atoms with van der Waals surface area (Å²) in [5.41, 5.74) is 2.25. The fourth-order valence-electron chi connectivity index (χ4n) is 2.42. The average molecular weight is 519 g/mol. The summed E-state index contributed by atoms with van der Waals surface area (Å²) in [5, 5.41) is 7.12. The summed E-state index contributed by atoms with van der Waals surface area (Å²) in [6.07, 6.45) is 3.51. The van der Waals surface area contributed by atoms with E-state index < -0.39 is 0 Å². The van der Waals surface area contributed by atoms with Gasteiger partial charge in [0.25, 0.3) is 0 Å². The largest absolute Gasteiger partial charge is 0.493 e. The predicted octanol–water partition coefficient (Wildman–Crippen LogP) is 3.68. The Hall–Kier alpha value is -1.58. The summed E-state index contributed by atoms with van der Waals surface area (Å²) in [4.78, 5) is 8.34. The van der Waals surface area contributed by atoms with Crippen LogP contribution in [0.4, 0.5) is 0 Å². The van der Waals surface area contributed by atoms with Crippen molar-refractivity contribution in [3.05, 3.63) is 58.9 Å². The van der Waals surface area contributed by atoms with Gasteiger partial charge in [0.1, 0.15) is 10.9 Å². The van der Waals surface area contributed by atoms with Crippen LogP contribution in [-0.2, 0) is 17.7 Å². The van der Waals surface area contributed by atoms with Crippen molar-refractivity contribution in [2.45, 2.75) is 19.4 Å². The number of halogens is 2. The van der Waals surface area contributed by atoms with E-state index in [1.54, 1.807) is 26.4 Å². The molecule has 0 saturated heterocycles. The highest BCUT2D eigenvalue weighted by Crippen LogP contribution is 2.13. The van der Waals surface area contributed by atoms with Crippen LogP contribution < -0.4 is 15.4 Å². The molecule has 2 aromatic rings. The highest BCUT2D eigenvalue weighted by Gasteiger charge is 2.01. The van der Waals surface area contributed by atoms with Gasteiger partial charge in [-0.2, -0.15) is 0 Å². The molecule has 2 N–H and O–H groups in total. The molecule has 0 atom stereocenters. The first kappa shape index (κ1) is 24.5. The maximum Gasteiger partial charge on any atom is 0.191 e. The fourth-order valence-corrected chi connectivity index (χ4v) is 2.54. The van der Waals surface area contributed by atoms with Gasteiger partial charge in [0.15, 0.2) is 5.96 Å². The summed E-state index contributed by atoms with van der Waals surface area (Å²) < 4.78 is 10.8. The third-order valence-corrected chi connectivity index (χ3v) is 4.06. The lowest BCUT2D eigenvalue weighted by Gasteiger charge is -2.13. The Balaban J connectivity index is 0.00000392. The maximum absolute atomic E-state index is 5.80. The lowest BCUT2D eigenvalue weighted by molar-refractivity contribution is 0.172. The van der Waals surface area contributed by atoms with Gasteiger partial charge < -0.3 is 20.1 Å². The second-order valence-electron chi connectivity index (χ2n) is 5.93. The van der Waals surface area contributed by atoms with Crippen LogP contribution in [0.3, 0.4) is 0 Å². The zero-order valence-corrected chi connectivity index (χ0v) is 19.4. The van der Waals surface area contributed by atoms with Gasteiger partial charge in [-0.3, -0.25) is 4.99 Å². The number of aliphatic imine (C=N–C) groups is 1. The molecule has 154 valence electrons. The summed E-state index contributed by atoms with van der Waals surface area (Å²) in [6.45, 7) is 2.77. The van der Waals surface area contributed by atoms with Crippen molar-refractivity contribution in [3.8, 4) is 5.75 Å². The zero-order chi connectivity index (χ0) is 19.3. The van der Waals surface area contributed by atoms with Gasteiger partial charge in [-0.25, -0.2) is 4.98 Å². The van der Waals surface area contributed by atoms with Gasteiger partial charge in [-0.1, -0.05) is 29.8 Å². The van der Waals surface area contributed by atoms with E-state index in [4.69, 9.17) is 21.1 Å². The van der Waals surface area contributed by atoms with Crippen molar-refractivity contribution in [1.82, 2.24) is 15.6 Å². The molecule has 0 spiro atoms. The summed E-state index contributed by atoms with van der Waals surface area (Å²) >= 11 is 5.80. The van der Waals surface area contributed by atoms with Crippen molar-refractivity contribution in [2.24, 2.45) is 4.99 Å². The summed E-state index contributed by atoms with van der Waals surface area (Å²) in [6, 6.07) is 11.8. The minimum Gasteiger partial charge on any atom is -0.493 e. The van der Waals surface area contributed by atoms with Crippen molar-refractivity contribution < 1.29 is 9.47 Å². The molecular weight excluding hydrogens is 491 g/mol. The smallest absolute Gasteiger partial charge is 0.191 e. The topological polar surface area (TPSA) is 67.8 Å². The molecule has 0 unspecified atom stereocenters. The number of methoxy groups -OCH3 is 1. The Bertz CT molecular complexity index is 714. The molecule has 1 heterocycles. The zero-order valence-electron chi connectivity index (χ0n) is 16.3. The Morgan fingerprint density at radius 3 is 2.71 bits per heavy atom. The Morgan fingerprint density at radius 1 is 1.14 bits per heavy atom. The van der Waals surface area contributed by atoms with Gasteiger partial charge >= 0.3 is 0 Å². The molecule has 1 aromatic heterocycles. The quantitative estimate of drug-likeness (QED) is 0.165. The van der Waals surface area contributed by atoms with E-state index >= 15 is 0 Å². The van der Waals surface area contributed by atoms with E-state index in [2.05, 4.69) is 26.7 Å². The molecule has 8 heteroatoms. The molecule has 0 aliphatic carbocycles. The van der Waals surface area contributed by atoms with E-state index in [0.717, 1.165) is 42.2 Å². The van der Waals surface area contributed by atoms with Crippen molar-refractivity contribution in [1.29, 1.82) is 0 Å². The molecule has 2 rings (SSSR count). The number of benzene rings is 1. The van der Waals surface area contributed by atoms with Crippen LogP contribution in [0.15, 0.2) is 47.6 Å². The van der Waals surface area contributed by atoms with Crippen LogP contribution >= 0.6 is 35.6 Å². The van der Waals surface area contributed by atoms with Crippen molar-refractivity contribution >= 4 is 41.5 Å². The van der Waals surface area contributed by atoms with Crippen LogP contribution in [0.25, 0.3) is 0 Å². The van der Waals surface area contributed by atoms with Crippen LogP contribution in [0, 0.1) is 0 Å². The van der Waals surface area contributed by atoms with Crippen molar-refractivity contribution in [3.63, 3.8) is 0 Å². The lowest BCUT2D eigenvalue weighted by atomic mass is 10.2. The molecule has 0 amide bonds. The third-order valence-electron chi connectivity index (χ3n) is 3.84. The van der Waals surface area contributed by atoms with Gasteiger partial charge in [-0.05, 0) is 35.7 Å². The lowest BCUT2D eigenvalue weighted by Crippen LogP contribution is -2.37. The minimum atomic E-state index is 0. The average Bonchev–Trinajstić information content (AvgIpc) is 2.69. The van der Waals surface area contributed by atoms with Gasteiger partial charge in [0.05, 0.1) is 6.61 Å². The highest BCUT2D eigenvalue weighted by molar-refractivity contribution is 14.0. The normalized spacial score (nSPS) is 10.9. The number of hydrogen-bond donors (Lipinski definition) is 2. The van der Waals surface area contributed by atoms with E-state index in [1.165, 1.54) is 0 Å². The minimum absolute atomic E-state index is 0. The molecule has 0 saturated carbocycles. The number of hydrogen-bond acceptors (Lipinski definition) is 4. The summed E-state index contributed by atoms with van der Waals surface area (Å²) in [7, 11) is 3.45. The first-order valence-corrected chi connectivity index (χ1v) is 9.34. The van der Waals surface area contributed by atoms with Crippen LogP contribution in [0.2, 0.25) is 5.15 Å². The molecule has 0 aliphatic heterocycles. The molecule has 6 nitrogen and oxygen atoms in total. The number of ether oxygens (including phenoxy) is 2. The van der Waals surface area contributed by atoms with Crippen LogP contribution in [0.5, 0.6) is 5.75 Å². The molecule has 0 aliphatic rings. The second kappa shape index (κ2) is 14.4.